The molecule has 0 bridgehead atoms. The Kier molecular flexibility index (Phi) is 3.94. The van der Waals surface area contributed by atoms with Crippen LogP contribution in [0.3, 0.4) is 0 Å². The quantitative estimate of drug-likeness (QED) is 0.935. The highest BCUT2D eigenvalue weighted by atomic mass is 16.7. The Hall–Kier alpha value is -2.40. The number of fused-ring (bicyclic) bond motifs is 2. The van der Waals surface area contributed by atoms with E-state index in [1.165, 1.54) is 11.1 Å². The molecule has 2 aliphatic rings. The van der Waals surface area contributed by atoms with Crippen LogP contribution in [0.15, 0.2) is 30.3 Å². The summed E-state index contributed by atoms with van der Waals surface area (Å²) in [6.45, 7) is 3.77. The third kappa shape index (κ3) is 2.45. The lowest BCUT2D eigenvalue weighted by Gasteiger charge is -2.29. The molecule has 24 heavy (non-hydrogen) atoms. The van der Waals surface area contributed by atoms with E-state index in [0.717, 1.165) is 41.5 Å². The highest BCUT2D eigenvalue weighted by molar-refractivity contribution is 5.56. The van der Waals surface area contributed by atoms with Crippen LogP contribution in [-0.4, -0.2) is 27.1 Å². The number of para-hydroxylation sites is 1. The Labute approximate surface area is 141 Å². The van der Waals surface area contributed by atoms with Gasteiger partial charge in [-0.2, -0.15) is 0 Å². The molecular formula is C19H21NO4. The average Bonchev–Trinajstić information content (AvgIpc) is 3.07. The van der Waals surface area contributed by atoms with Crippen LogP contribution in [0.1, 0.15) is 29.7 Å². The third-order valence-electron chi connectivity index (χ3n) is 4.52. The van der Waals surface area contributed by atoms with E-state index in [9.17, 15) is 0 Å². The van der Waals surface area contributed by atoms with Gasteiger partial charge in [0.15, 0.2) is 23.0 Å². The first-order valence-electron chi connectivity index (χ1n) is 8.27. The monoisotopic (exact) mass is 327 g/mol. The first-order chi connectivity index (χ1) is 11.8. The molecule has 0 aromatic heterocycles. The zero-order chi connectivity index (χ0) is 16.5. The predicted octanol–water partition coefficient (Wildman–Crippen LogP) is 3.06. The molecule has 0 saturated heterocycles. The molecule has 0 spiro atoms. The first kappa shape index (κ1) is 15.1. The smallest absolute Gasteiger partial charge is 0.231 e. The van der Waals surface area contributed by atoms with Gasteiger partial charge in [-0.25, -0.2) is 0 Å². The molecule has 0 aliphatic carbocycles. The summed E-state index contributed by atoms with van der Waals surface area (Å²) >= 11 is 0. The number of hydrogen-bond donors (Lipinski definition) is 1. The van der Waals surface area contributed by atoms with Crippen LogP contribution in [-0.2, 0) is 6.42 Å². The lowest BCUT2D eigenvalue weighted by atomic mass is 9.89. The summed E-state index contributed by atoms with van der Waals surface area (Å²) in [6, 6.07) is 10.2. The van der Waals surface area contributed by atoms with Crippen LogP contribution in [0.5, 0.6) is 23.0 Å². The number of methoxy groups -OCH3 is 1. The van der Waals surface area contributed by atoms with E-state index in [1.54, 1.807) is 7.11 Å². The van der Waals surface area contributed by atoms with E-state index in [0.29, 0.717) is 13.4 Å². The van der Waals surface area contributed by atoms with Crippen LogP contribution in [0.25, 0.3) is 0 Å². The van der Waals surface area contributed by atoms with Crippen molar-refractivity contribution in [3.05, 3.63) is 47.0 Å². The molecule has 126 valence electrons. The SMILES string of the molecule is CCOc1c(OC)cccc1C1NCCc2cc3c(cc21)OCO3. The molecule has 1 unspecified atom stereocenters. The van der Waals surface area contributed by atoms with Gasteiger partial charge in [-0.3, -0.25) is 0 Å². The maximum absolute atomic E-state index is 5.90. The molecule has 4 rings (SSSR count). The number of nitrogens with one attached hydrogen (secondary N) is 1. The van der Waals surface area contributed by atoms with Crippen molar-refractivity contribution in [1.82, 2.24) is 5.32 Å². The van der Waals surface area contributed by atoms with Crippen molar-refractivity contribution < 1.29 is 18.9 Å². The molecule has 2 aliphatic heterocycles. The fraction of sp³-hybridized carbons (Fsp3) is 0.368. The third-order valence-corrected chi connectivity index (χ3v) is 4.52. The topological polar surface area (TPSA) is 49.0 Å². The van der Waals surface area contributed by atoms with E-state index in [2.05, 4.69) is 23.5 Å². The van der Waals surface area contributed by atoms with Crippen molar-refractivity contribution >= 4 is 0 Å². The van der Waals surface area contributed by atoms with Gasteiger partial charge in [0.2, 0.25) is 6.79 Å². The van der Waals surface area contributed by atoms with Gasteiger partial charge in [-0.1, -0.05) is 12.1 Å². The summed E-state index contributed by atoms with van der Waals surface area (Å²) in [6.07, 6.45) is 0.969. The summed E-state index contributed by atoms with van der Waals surface area (Å²) in [7, 11) is 1.67. The van der Waals surface area contributed by atoms with Crippen LogP contribution >= 0.6 is 0 Å². The van der Waals surface area contributed by atoms with Crippen molar-refractivity contribution in [3.63, 3.8) is 0 Å². The van der Waals surface area contributed by atoms with E-state index in [4.69, 9.17) is 18.9 Å². The molecule has 0 saturated carbocycles. The molecule has 1 N–H and O–H groups in total. The lowest BCUT2D eigenvalue weighted by Crippen LogP contribution is -2.31. The molecule has 2 aromatic rings. The second-order valence-electron chi connectivity index (χ2n) is 5.85. The van der Waals surface area contributed by atoms with Crippen LogP contribution in [0.2, 0.25) is 0 Å². The van der Waals surface area contributed by atoms with Gasteiger partial charge in [-0.15, -0.1) is 0 Å². The van der Waals surface area contributed by atoms with Gasteiger partial charge in [0, 0.05) is 12.1 Å². The lowest BCUT2D eigenvalue weighted by molar-refractivity contribution is 0.174. The second-order valence-corrected chi connectivity index (χ2v) is 5.85. The Bertz CT molecular complexity index is 759. The van der Waals surface area contributed by atoms with Crippen LogP contribution < -0.4 is 24.3 Å². The summed E-state index contributed by atoms with van der Waals surface area (Å²) in [5.41, 5.74) is 3.57. The highest BCUT2D eigenvalue weighted by Crippen LogP contribution is 2.43. The summed E-state index contributed by atoms with van der Waals surface area (Å²) in [4.78, 5) is 0. The van der Waals surface area contributed by atoms with Crippen LogP contribution in [0.4, 0.5) is 0 Å². The number of hydrogen-bond acceptors (Lipinski definition) is 5. The largest absolute Gasteiger partial charge is 0.493 e. The maximum atomic E-state index is 5.90. The summed E-state index contributed by atoms with van der Waals surface area (Å²) in [5, 5.41) is 3.60. The van der Waals surface area contributed by atoms with Gasteiger partial charge >= 0.3 is 0 Å². The molecule has 5 heteroatoms. The van der Waals surface area contributed by atoms with Crippen molar-refractivity contribution in [2.45, 2.75) is 19.4 Å². The normalized spacial score (nSPS) is 18.2. The minimum Gasteiger partial charge on any atom is -0.493 e. The van der Waals surface area contributed by atoms with Crippen molar-refractivity contribution in [3.8, 4) is 23.0 Å². The Balaban J connectivity index is 1.82. The van der Waals surface area contributed by atoms with E-state index < -0.39 is 0 Å². The molecule has 0 fully saturated rings. The van der Waals surface area contributed by atoms with Gasteiger partial charge in [-0.05, 0) is 42.7 Å². The number of rotatable bonds is 4. The van der Waals surface area contributed by atoms with Gasteiger partial charge < -0.3 is 24.3 Å². The van der Waals surface area contributed by atoms with Gasteiger partial charge in [0.25, 0.3) is 0 Å². The molecule has 0 radical (unpaired) electrons. The minimum absolute atomic E-state index is 0.0416. The summed E-state index contributed by atoms with van der Waals surface area (Å²) in [5.74, 6) is 3.20. The fourth-order valence-corrected chi connectivity index (χ4v) is 3.44. The zero-order valence-electron chi connectivity index (χ0n) is 13.9. The Morgan fingerprint density at radius 2 is 2.00 bits per heavy atom. The number of ether oxygens (including phenoxy) is 4. The average molecular weight is 327 g/mol. The maximum Gasteiger partial charge on any atom is 0.231 e. The molecule has 0 amide bonds. The standard InChI is InChI=1S/C19H21NO4/c1-3-22-19-13(5-4-6-15(19)21-2)18-14-10-17-16(23-11-24-17)9-12(14)7-8-20-18/h4-6,9-10,18,20H,3,7-8,11H2,1-2H3. The van der Waals surface area contributed by atoms with Gasteiger partial charge in [0.05, 0.1) is 19.8 Å². The molecule has 2 aromatic carbocycles. The zero-order valence-corrected chi connectivity index (χ0v) is 13.9. The highest BCUT2D eigenvalue weighted by Gasteiger charge is 2.28. The van der Waals surface area contributed by atoms with Crippen molar-refractivity contribution in [2.75, 3.05) is 27.1 Å². The van der Waals surface area contributed by atoms with Crippen molar-refractivity contribution in [1.29, 1.82) is 0 Å². The summed E-state index contributed by atoms with van der Waals surface area (Å²) < 4.78 is 22.5. The van der Waals surface area contributed by atoms with Gasteiger partial charge in [0.1, 0.15) is 0 Å². The van der Waals surface area contributed by atoms with E-state index in [-0.39, 0.29) is 6.04 Å². The Morgan fingerprint density at radius 3 is 2.79 bits per heavy atom. The minimum atomic E-state index is 0.0416. The van der Waals surface area contributed by atoms with Crippen LogP contribution in [0, 0.1) is 0 Å². The number of benzene rings is 2. The fourth-order valence-electron chi connectivity index (χ4n) is 3.44. The van der Waals surface area contributed by atoms with E-state index in [1.807, 2.05) is 19.1 Å². The molecule has 2 heterocycles. The predicted molar refractivity (Wildman–Crippen MR) is 90.3 cm³/mol. The first-order valence-corrected chi connectivity index (χ1v) is 8.27. The molecule has 5 nitrogen and oxygen atoms in total. The Morgan fingerprint density at radius 1 is 1.17 bits per heavy atom. The van der Waals surface area contributed by atoms with E-state index >= 15 is 0 Å². The molecule has 1 atom stereocenters. The van der Waals surface area contributed by atoms with Crippen molar-refractivity contribution in [2.24, 2.45) is 0 Å². The second kappa shape index (κ2) is 6.24. The molecular weight excluding hydrogens is 306 g/mol.